The monoisotopic (exact) mass is 391 g/mol. The molecule has 1 heterocycles. The van der Waals surface area contributed by atoms with E-state index in [9.17, 15) is 8.42 Å². The minimum atomic E-state index is -3.50. The SMILES string of the molecule is Cc1ccc(-c2nnc(CCNS(=O)(=O)Cc3ccccc3Cl)o2)cc1. The molecule has 8 heteroatoms. The Labute approximate surface area is 157 Å². The maximum absolute atomic E-state index is 12.2. The van der Waals surface area contributed by atoms with E-state index in [1.807, 2.05) is 31.2 Å². The third kappa shape index (κ3) is 4.91. The van der Waals surface area contributed by atoms with Gasteiger partial charge in [-0.3, -0.25) is 0 Å². The summed E-state index contributed by atoms with van der Waals surface area (Å²) in [5.41, 5.74) is 2.52. The van der Waals surface area contributed by atoms with Gasteiger partial charge in [0, 0.05) is 23.6 Å². The molecule has 0 aliphatic heterocycles. The van der Waals surface area contributed by atoms with E-state index in [0.717, 1.165) is 11.1 Å². The number of nitrogens with zero attached hydrogens (tertiary/aromatic N) is 2. The van der Waals surface area contributed by atoms with Crippen molar-refractivity contribution in [2.45, 2.75) is 19.1 Å². The zero-order valence-electron chi connectivity index (χ0n) is 14.1. The molecular formula is C18H18ClN3O3S. The lowest BCUT2D eigenvalue weighted by Gasteiger charge is -2.07. The number of nitrogens with one attached hydrogen (secondary N) is 1. The van der Waals surface area contributed by atoms with Crippen molar-refractivity contribution in [2.24, 2.45) is 0 Å². The number of sulfonamides is 1. The predicted molar refractivity (Wildman–Crippen MR) is 100 cm³/mol. The van der Waals surface area contributed by atoms with E-state index in [1.54, 1.807) is 24.3 Å². The Hall–Kier alpha value is -2.22. The largest absolute Gasteiger partial charge is 0.421 e. The summed E-state index contributed by atoms with van der Waals surface area (Å²) in [7, 11) is -3.50. The number of aryl methyl sites for hydroxylation is 1. The van der Waals surface area contributed by atoms with Gasteiger partial charge in [-0.15, -0.1) is 10.2 Å². The molecule has 26 heavy (non-hydrogen) atoms. The molecule has 136 valence electrons. The number of benzene rings is 2. The molecule has 6 nitrogen and oxygen atoms in total. The maximum Gasteiger partial charge on any atom is 0.247 e. The van der Waals surface area contributed by atoms with Crippen LogP contribution in [0.4, 0.5) is 0 Å². The van der Waals surface area contributed by atoms with Crippen LogP contribution in [0.15, 0.2) is 52.9 Å². The fraction of sp³-hybridized carbons (Fsp3) is 0.222. The van der Waals surface area contributed by atoms with Gasteiger partial charge in [-0.05, 0) is 30.7 Å². The minimum absolute atomic E-state index is 0.169. The van der Waals surface area contributed by atoms with Crippen molar-refractivity contribution in [3.63, 3.8) is 0 Å². The molecular weight excluding hydrogens is 374 g/mol. The third-order valence-corrected chi connectivity index (χ3v) is 5.43. The highest BCUT2D eigenvalue weighted by Crippen LogP contribution is 2.19. The molecule has 3 rings (SSSR count). The Balaban J connectivity index is 1.56. The molecule has 1 aromatic heterocycles. The average molecular weight is 392 g/mol. The summed E-state index contributed by atoms with van der Waals surface area (Å²) in [5, 5.41) is 8.39. The zero-order chi connectivity index (χ0) is 18.6. The molecule has 0 saturated heterocycles. The summed E-state index contributed by atoms with van der Waals surface area (Å²) in [6, 6.07) is 14.6. The van der Waals surface area contributed by atoms with Gasteiger partial charge in [0.15, 0.2) is 0 Å². The summed E-state index contributed by atoms with van der Waals surface area (Å²) >= 11 is 6.01. The van der Waals surface area contributed by atoms with E-state index in [2.05, 4.69) is 14.9 Å². The molecule has 0 aliphatic carbocycles. The summed E-state index contributed by atoms with van der Waals surface area (Å²) in [5.74, 6) is 0.616. The summed E-state index contributed by atoms with van der Waals surface area (Å²) in [6.45, 7) is 2.17. The summed E-state index contributed by atoms with van der Waals surface area (Å²) in [6.07, 6.45) is 0.306. The lowest BCUT2D eigenvalue weighted by Crippen LogP contribution is -2.27. The maximum atomic E-state index is 12.2. The molecule has 0 bridgehead atoms. The molecule has 0 atom stereocenters. The van der Waals surface area contributed by atoms with E-state index in [0.29, 0.717) is 28.8 Å². The Kier molecular flexibility index (Phi) is 5.70. The topological polar surface area (TPSA) is 85.1 Å². The average Bonchev–Trinajstić information content (AvgIpc) is 3.06. The fourth-order valence-electron chi connectivity index (χ4n) is 2.35. The number of rotatable bonds is 7. The Bertz CT molecular complexity index is 985. The van der Waals surface area contributed by atoms with Crippen LogP contribution in [0, 0.1) is 6.92 Å². The first kappa shape index (κ1) is 18.6. The van der Waals surface area contributed by atoms with Gasteiger partial charge >= 0.3 is 0 Å². The second-order valence-corrected chi connectivity index (χ2v) is 8.08. The predicted octanol–water partition coefficient (Wildman–Crippen LogP) is 3.36. The summed E-state index contributed by atoms with van der Waals surface area (Å²) in [4.78, 5) is 0. The molecule has 1 N–H and O–H groups in total. The molecule has 0 spiro atoms. The minimum Gasteiger partial charge on any atom is -0.421 e. The normalized spacial score (nSPS) is 11.6. The van der Waals surface area contributed by atoms with Gasteiger partial charge in [0.2, 0.25) is 21.8 Å². The highest BCUT2D eigenvalue weighted by atomic mass is 35.5. The van der Waals surface area contributed by atoms with E-state index in [1.165, 1.54) is 0 Å². The van der Waals surface area contributed by atoms with Crippen LogP contribution >= 0.6 is 11.6 Å². The van der Waals surface area contributed by atoms with Crippen LogP contribution < -0.4 is 4.72 Å². The van der Waals surface area contributed by atoms with Crippen molar-refractivity contribution in [2.75, 3.05) is 6.54 Å². The van der Waals surface area contributed by atoms with Gasteiger partial charge in [0.05, 0.1) is 5.75 Å². The van der Waals surface area contributed by atoms with Gasteiger partial charge in [-0.25, -0.2) is 13.1 Å². The number of halogens is 1. The quantitative estimate of drug-likeness (QED) is 0.667. The van der Waals surface area contributed by atoms with Crippen LogP contribution in [-0.4, -0.2) is 25.2 Å². The van der Waals surface area contributed by atoms with Gasteiger partial charge in [0.25, 0.3) is 0 Å². The van der Waals surface area contributed by atoms with Crippen LogP contribution in [-0.2, 0) is 22.2 Å². The molecule has 0 aliphatic rings. The van der Waals surface area contributed by atoms with E-state index >= 15 is 0 Å². The molecule has 0 saturated carbocycles. The van der Waals surface area contributed by atoms with Crippen molar-refractivity contribution >= 4 is 21.6 Å². The zero-order valence-corrected chi connectivity index (χ0v) is 15.7. The molecule has 2 aromatic carbocycles. The van der Waals surface area contributed by atoms with Crippen molar-refractivity contribution in [3.05, 3.63) is 70.6 Å². The van der Waals surface area contributed by atoms with Crippen LogP contribution in [0.25, 0.3) is 11.5 Å². The van der Waals surface area contributed by atoms with E-state index < -0.39 is 10.0 Å². The van der Waals surface area contributed by atoms with Gasteiger partial charge in [0.1, 0.15) is 0 Å². The number of aromatic nitrogens is 2. The van der Waals surface area contributed by atoms with Crippen LogP contribution in [0.2, 0.25) is 5.02 Å². The number of hydrogen-bond acceptors (Lipinski definition) is 5. The van der Waals surface area contributed by atoms with Crippen LogP contribution in [0.5, 0.6) is 0 Å². The Morgan fingerprint density at radius 3 is 2.54 bits per heavy atom. The molecule has 0 radical (unpaired) electrons. The standard InChI is InChI=1S/C18H18ClN3O3S/c1-13-6-8-14(9-7-13)18-22-21-17(25-18)10-11-20-26(23,24)12-15-4-2-3-5-16(15)19/h2-9,20H,10-12H2,1H3. The second-order valence-electron chi connectivity index (χ2n) is 5.86. The van der Waals surface area contributed by atoms with Crippen LogP contribution in [0.1, 0.15) is 17.0 Å². The number of hydrogen-bond donors (Lipinski definition) is 1. The van der Waals surface area contributed by atoms with Gasteiger partial charge in [-0.1, -0.05) is 47.5 Å². The van der Waals surface area contributed by atoms with E-state index in [-0.39, 0.29) is 12.3 Å². The molecule has 3 aromatic rings. The first-order valence-electron chi connectivity index (χ1n) is 8.03. The van der Waals surface area contributed by atoms with Crippen molar-refractivity contribution in [1.82, 2.24) is 14.9 Å². The smallest absolute Gasteiger partial charge is 0.247 e. The van der Waals surface area contributed by atoms with Gasteiger partial charge in [-0.2, -0.15) is 0 Å². The Morgan fingerprint density at radius 2 is 1.81 bits per heavy atom. The molecule has 0 fully saturated rings. The van der Waals surface area contributed by atoms with Crippen molar-refractivity contribution in [1.29, 1.82) is 0 Å². The summed E-state index contributed by atoms with van der Waals surface area (Å²) < 4.78 is 32.4. The van der Waals surface area contributed by atoms with Crippen molar-refractivity contribution < 1.29 is 12.8 Å². The highest BCUT2D eigenvalue weighted by Gasteiger charge is 2.14. The van der Waals surface area contributed by atoms with Gasteiger partial charge < -0.3 is 4.42 Å². The second kappa shape index (κ2) is 7.99. The first-order valence-corrected chi connectivity index (χ1v) is 10.1. The highest BCUT2D eigenvalue weighted by molar-refractivity contribution is 7.88. The first-order chi connectivity index (χ1) is 12.4. The lowest BCUT2D eigenvalue weighted by molar-refractivity contribution is 0.502. The lowest BCUT2D eigenvalue weighted by atomic mass is 10.1. The molecule has 0 unspecified atom stereocenters. The van der Waals surface area contributed by atoms with Crippen LogP contribution in [0.3, 0.4) is 0 Å². The third-order valence-electron chi connectivity index (χ3n) is 3.73. The fourth-order valence-corrected chi connectivity index (χ4v) is 3.81. The van der Waals surface area contributed by atoms with Crippen molar-refractivity contribution in [3.8, 4) is 11.5 Å². The van der Waals surface area contributed by atoms with E-state index in [4.69, 9.17) is 16.0 Å². The Morgan fingerprint density at radius 1 is 1.08 bits per heavy atom. The molecule has 0 amide bonds.